The Morgan fingerprint density at radius 2 is 0.585 bits per heavy atom. The van der Waals surface area contributed by atoms with Crippen LogP contribution >= 0.6 is 0 Å². The summed E-state index contributed by atoms with van der Waals surface area (Å²) in [4.78, 5) is 151. The van der Waals surface area contributed by atoms with Crippen LogP contribution in [0, 0.1) is 79.9 Å². The number of nitrogens with one attached hydrogen (secondary N) is 2. The van der Waals surface area contributed by atoms with Crippen LogP contribution in [0.15, 0.2) is 24.5 Å². The molecule has 3 radical (unpaired) electrons. The number of carbonyl (C=O) groups is 8. The number of nitrogens with zero attached hydrogens (tertiary/aromatic N) is 22. The minimum absolute atomic E-state index is 0. The molecule has 135 heavy (non-hydrogen) atoms. The van der Waals surface area contributed by atoms with Crippen LogP contribution in [0.4, 0.5) is 0 Å². The number of methoxy groups -OCH3 is 6. The zero-order valence-corrected chi connectivity index (χ0v) is 81.3. The Hall–Kier alpha value is -9.15. The molecule has 13 rings (SSSR count). The minimum atomic E-state index is -1.76. The number of carbonyl (C=O) groups excluding carboxylic acids is 8. The Balaban J connectivity index is 0.00000628. The molecule has 8 bridgehead atoms. The summed E-state index contributed by atoms with van der Waals surface area (Å²) < 4.78 is 92.8. The Labute approximate surface area is 847 Å². The number of hydrogen-bond donors (Lipinski definition) is 2. The molecule has 7 aliphatic heterocycles. The van der Waals surface area contributed by atoms with Crippen LogP contribution in [-0.2, 0) is 119 Å². The van der Waals surface area contributed by atoms with Crippen molar-refractivity contribution in [2.75, 3.05) is 213 Å². The fraction of sp³-hybridized carbons (Fsp3) is 0.600. The first-order valence-electron chi connectivity index (χ1n) is 42.0. The maximum absolute atomic E-state index is 13.8. The monoisotopic (exact) mass is 2230 g/mol. The van der Waals surface area contributed by atoms with Gasteiger partial charge in [0.25, 0.3) is 34.7 Å². The Bertz CT molecular complexity index is 5100. The summed E-state index contributed by atoms with van der Waals surface area (Å²) in [5, 5.41) is 93.6. The van der Waals surface area contributed by atoms with Crippen molar-refractivity contribution in [2.45, 2.75) is 102 Å². The summed E-state index contributed by atoms with van der Waals surface area (Å²) in [6.45, 7) is 7.63. The van der Waals surface area contributed by atoms with E-state index >= 15 is 0 Å². The average Bonchev–Trinajstić information content (AvgIpc) is 1.57. The Morgan fingerprint density at radius 1 is 0.356 bits per heavy atom. The van der Waals surface area contributed by atoms with Gasteiger partial charge in [-0.3, -0.25) is 48.8 Å². The fourth-order valence-corrected chi connectivity index (χ4v) is 15.3. The molecule has 0 unspecified atom stereocenters. The molecular weight excluding hydrogens is 2120 g/mol. The van der Waals surface area contributed by atoms with Gasteiger partial charge in [0.2, 0.25) is 11.8 Å². The molecular formula is C80H102CuGd2N24O28. The van der Waals surface area contributed by atoms with Crippen molar-refractivity contribution >= 4 is 81.7 Å². The SMILES string of the molecule is CO[C@]1(C)OC2=C(O[C@@]1(C)OC)c1nc2nc2[n-]c(nc3nc(nc4[n-]c(n1)c1c4O[C@@](C)(OC)[C@](C)(OC)O1)-c1c(OCCn4cc(CNC(=O)CN5CCN(CC(=O)[O-])CCN(CC(=O)[O-])CCN(CC(=O)[O-])CC5)nn4)ccc(OCCn4cc(CNC(=O)CN5CCN(CC(=O)[O-])CCN(CC(=O)[O-])CCN(CC(=O)[O-])CC5)nn4)c1-3)c1c2O[C@@](C)(OC)[C@](C)(OC)O1.[Cu+2].[Gd+3].[Gd+3]. The summed E-state index contributed by atoms with van der Waals surface area (Å²) in [6, 6.07) is 3.19. The van der Waals surface area contributed by atoms with E-state index in [2.05, 4.69) is 31.3 Å². The van der Waals surface area contributed by atoms with Crippen LogP contribution in [0.5, 0.6) is 34.5 Å². The molecule has 0 aliphatic carbocycles. The molecule has 5 aromatic heterocycles. The molecule has 0 saturated carbocycles. The topological polar surface area (TPSA) is 621 Å². The number of amides is 2. The summed E-state index contributed by atoms with van der Waals surface area (Å²) in [5.74, 6) is -20.8. The van der Waals surface area contributed by atoms with Crippen molar-refractivity contribution in [2.24, 2.45) is 0 Å². The van der Waals surface area contributed by atoms with Crippen molar-refractivity contribution in [1.29, 1.82) is 0 Å². The molecule has 0 spiro atoms. The van der Waals surface area contributed by atoms with E-state index in [0.717, 1.165) is 0 Å². The molecule has 12 heterocycles. The molecule has 52 nitrogen and oxygen atoms in total. The second-order valence-corrected chi connectivity index (χ2v) is 32.4. The summed E-state index contributed by atoms with van der Waals surface area (Å²) in [6.07, 6.45) is 3.16. The van der Waals surface area contributed by atoms with Crippen LogP contribution in [0.1, 0.15) is 64.6 Å². The zero-order valence-electron chi connectivity index (χ0n) is 75.8. The third kappa shape index (κ3) is 25.7. The van der Waals surface area contributed by atoms with Crippen molar-refractivity contribution in [1.82, 2.24) is 120 Å². The summed E-state index contributed by atoms with van der Waals surface area (Å²) >= 11 is 0. The van der Waals surface area contributed by atoms with E-state index in [0.29, 0.717) is 11.4 Å². The molecule has 1 aromatic carbocycles. The van der Waals surface area contributed by atoms with E-state index in [1.54, 1.807) is 95.5 Å². The fourth-order valence-electron chi connectivity index (χ4n) is 15.3. The van der Waals surface area contributed by atoms with E-state index < -0.39 is 122 Å². The van der Waals surface area contributed by atoms with Gasteiger partial charge in [-0.15, -0.1) is 10.2 Å². The van der Waals surface area contributed by atoms with E-state index in [1.807, 2.05) is 0 Å². The van der Waals surface area contributed by atoms with Gasteiger partial charge in [0.15, 0.2) is 34.5 Å². The molecule has 6 atom stereocenters. The molecule has 7 aliphatic rings. The van der Waals surface area contributed by atoms with Crippen LogP contribution in [0.3, 0.4) is 0 Å². The van der Waals surface area contributed by atoms with Crippen molar-refractivity contribution in [3.05, 3.63) is 47.6 Å². The molecule has 737 valence electrons. The first-order valence-corrected chi connectivity index (χ1v) is 42.0. The molecule has 2 fully saturated rings. The van der Waals surface area contributed by atoms with Crippen LogP contribution < -0.4 is 79.7 Å². The third-order valence-corrected chi connectivity index (χ3v) is 23.7. The van der Waals surface area contributed by atoms with E-state index in [4.69, 9.17) is 106 Å². The predicted octanol–water partition coefficient (Wildman–Crippen LogP) is -10.4. The summed E-state index contributed by atoms with van der Waals surface area (Å²) in [7, 11) is 8.28. The van der Waals surface area contributed by atoms with Gasteiger partial charge in [-0.2, -0.15) is 0 Å². The predicted molar refractivity (Wildman–Crippen MR) is 435 cm³/mol. The minimum Gasteiger partial charge on any atom is -0.549 e. The Morgan fingerprint density at radius 3 is 0.830 bits per heavy atom. The number of carboxylic acid groups (broad SMARTS) is 6. The molecule has 2 amide bonds. The largest absolute Gasteiger partial charge is 3.00 e. The second kappa shape index (κ2) is 46.5. The maximum atomic E-state index is 13.8. The number of benzene rings is 1. The number of hydrogen-bond acceptors (Lipinski definition) is 46. The number of aromatic nitrogens is 14. The molecule has 2 N–H and O–H groups in total. The average molecular weight is 2230 g/mol. The number of carboxylic acids is 6. The maximum Gasteiger partial charge on any atom is 3.00 e. The van der Waals surface area contributed by atoms with Gasteiger partial charge in [0.05, 0.1) is 133 Å². The zero-order chi connectivity index (χ0) is 94.8. The molecule has 2 saturated heterocycles. The van der Waals surface area contributed by atoms with Gasteiger partial charge in [0, 0.05) is 228 Å². The Kier molecular flexibility index (Phi) is 37.2. The van der Waals surface area contributed by atoms with Crippen LogP contribution in [-0.4, -0.2) is 394 Å². The number of rotatable bonds is 34. The van der Waals surface area contributed by atoms with Crippen molar-refractivity contribution in [3.8, 4) is 57.3 Å². The van der Waals surface area contributed by atoms with Gasteiger partial charge >= 0.3 is 96.9 Å². The first-order chi connectivity index (χ1) is 62.9. The van der Waals surface area contributed by atoms with Gasteiger partial charge in [0.1, 0.15) is 47.7 Å². The number of aliphatic carboxylic acids is 6. The van der Waals surface area contributed by atoms with Gasteiger partial charge < -0.3 is 166 Å². The molecule has 55 heteroatoms. The first kappa shape index (κ1) is 108. The van der Waals surface area contributed by atoms with Gasteiger partial charge in [-0.25, -0.2) is 19.3 Å². The quantitative estimate of drug-likeness (QED) is 0.0354. The van der Waals surface area contributed by atoms with E-state index in [-0.39, 0.29) is 357 Å². The number of ether oxygens (including phenoxy) is 14. The summed E-state index contributed by atoms with van der Waals surface area (Å²) in [5.41, 5.74) is 0.0475. The van der Waals surface area contributed by atoms with Crippen molar-refractivity contribution in [3.63, 3.8) is 0 Å². The van der Waals surface area contributed by atoms with Gasteiger partial charge in [-0.1, -0.05) is 10.4 Å². The van der Waals surface area contributed by atoms with Gasteiger partial charge in [-0.05, 0) is 12.1 Å². The van der Waals surface area contributed by atoms with E-state index in [1.165, 1.54) is 61.8 Å². The van der Waals surface area contributed by atoms with Crippen LogP contribution in [0.2, 0.25) is 0 Å². The third-order valence-electron chi connectivity index (χ3n) is 23.7. The second-order valence-electron chi connectivity index (χ2n) is 32.4. The molecule has 6 aromatic rings. The van der Waals surface area contributed by atoms with Crippen molar-refractivity contribution < 1.29 is 232 Å². The normalized spacial score (nSPS) is 23.0. The number of fused-ring (bicyclic) bond motifs is 19. The van der Waals surface area contributed by atoms with Crippen LogP contribution in [0.25, 0.3) is 56.9 Å². The standard InChI is InChI=1S/C80H110N24O28.Cu.2Gd/c1-75(119-7)77(3,121-9)129-63-61(127-75)69-84-67-59-49(125-33-31-103-37-47(91-93-103)35-81-51(105)39-95-15-19-97(41-53(107)108)23-27-101(45-57(115)116)28-24-98(20-16-95)42-54(109)110)13-14-50(126-34-32-104-38-48(92-94-104)36-82-52(106)40-96-17-21-99(43-55(111)112)25-29-102(46-58(117)118)30-26-100(22-18-96)44-56(113)114)60(59)68(83-67)85-70-62-64(130-78(4,122-10)76(2,120-8)128-62)72(87-70)89-74-66-65(73(90-74)88-71(63)86-69)131-79(5,123-11)80(6,124-12)132-66;;;/h13-14,37-38H,15-36,39-46H2,1-12H3,(H10,81,82,83,84,85,86,87,88,89,90,91,92,93,94,105,106,107,108,109,110,111,112,113,114,115,116,117,118);;;/q;+2;2*+3/p-8/t75-,76-,77-,78-,79-,80-;;;/m1.../s1. The smallest absolute Gasteiger partial charge is 0.549 e. The van der Waals surface area contributed by atoms with E-state index in [9.17, 15) is 69.0 Å².